The summed E-state index contributed by atoms with van der Waals surface area (Å²) in [7, 11) is 0. The Hall–Kier alpha value is -1.14. The third kappa shape index (κ3) is 5.28. The first-order valence-electron chi connectivity index (χ1n) is 7.03. The second kappa shape index (κ2) is 6.75. The molecule has 21 heavy (non-hydrogen) atoms. The van der Waals surface area contributed by atoms with Crippen LogP contribution in [-0.2, 0) is 16.1 Å². The molecule has 5 nitrogen and oxygen atoms in total. The van der Waals surface area contributed by atoms with Gasteiger partial charge in [-0.2, -0.15) is 0 Å². The van der Waals surface area contributed by atoms with E-state index >= 15 is 0 Å². The summed E-state index contributed by atoms with van der Waals surface area (Å²) in [6.45, 7) is 7.38. The van der Waals surface area contributed by atoms with E-state index in [1.165, 1.54) is 0 Å². The van der Waals surface area contributed by atoms with E-state index in [4.69, 9.17) is 9.47 Å². The SMILES string of the molecule is CC(C)(C)OC(=O)N1CC[C@H](OCc2ccc(Br)nc2)C1. The number of aromatic nitrogens is 1. The van der Waals surface area contributed by atoms with Gasteiger partial charge in [0, 0.05) is 12.7 Å². The first-order valence-corrected chi connectivity index (χ1v) is 7.83. The average molecular weight is 357 g/mol. The van der Waals surface area contributed by atoms with E-state index in [0.717, 1.165) is 16.6 Å². The third-order valence-corrected chi connectivity index (χ3v) is 3.54. The van der Waals surface area contributed by atoms with Gasteiger partial charge in [-0.1, -0.05) is 6.07 Å². The Kier molecular flexibility index (Phi) is 5.22. The molecule has 0 bridgehead atoms. The van der Waals surface area contributed by atoms with E-state index in [-0.39, 0.29) is 12.2 Å². The normalized spacial score (nSPS) is 18.9. The molecule has 116 valence electrons. The summed E-state index contributed by atoms with van der Waals surface area (Å²) in [6, 6.07) is 3.86. The first kappa shape index (κ1) is 16.2. The smallest absolute Gasteiger partial charge is 0.410 e. The number of hydrogen-bond acceptors (Lipinski definition) is 4. The van der Waals surface area contributed by atoms with Crippen molar-refractivity contribution in [1.29, 1.82) is 0 Å². The van der Waals surface area contributed by atoms with Crippen LogP contribution in [0.3, 0.4) is 0 Å². The minimum absolute atomic E-state index is 0.0566. The molecule has 1 aliphatic rings. The first-order chi connectivity index (χ1) is 9.83. The molecule has 1 atom stereocenters. The maximum absolute atomic E-state index is 12.0. The summed E-state index contributed by atoms with van der Waals surface area (Å²) in [5.41, 5.74) is 0.563. The summed E-state index contributed by atoms with van der Waals surface area (Å²) >= 11 is 3.30. The molecular weight excluding hydrogens is 336 g/mol. The zero-order valence-corrected chi connectivity index (χ0v) is 14.2. The Labute approximate surface area is 133 Å². The Morgan fingerprint density at radius 1 is 1.48 bits per heavy atom. The second-order valence-electron chi connectivity index (χ2n) is 6.14. The number of ether oxygens (including phenoxy) is 2. The van der Waals surface area contributed by atoms with Crippen molar-refractivity contribution in [3.63, 3.8) is 0 Å². The highest BCUT2D eigenvalue weighted by Crippen LogP contribution is 2.18. The standard InChI is InChI=1S/C15H21BrN2O3/c1-15(2,3)21-14(19)18-7-6-12(9-18)20-10-11-4-5-13(16)17-8-11/h4-5,8,12H,6-7,9-10H2,1-3H3/t12-/m0/s1. The van der Waals surface area contributed by atoms with Crippen LogP contribution in [0.25, 0.3) is 0 Å². The van der Waals surface area contributed by atoms with E-state index in [9.17, 15) is 4.79 Å². The minimum atomic E-state index is -0.459. The van der Waals surface area contributed by atoms with Gasteiger partial charge in [0.25, 0.3) is 0 Å². The van der Waals surface area contributed by atoms with Crippen molar-refractivity contribution in [2.24, 2.45) is 0 Å². The van der Waals surface area contributed by atoms with Gasteiger partial charge >= 0.3 is 6.09 Å². The lowest BCUT2D eigenvalue weighted by Crippen LogP contribution is -2.36. The van der Waals surface area contributed by atoms with Crippen LogP contribution >= 0.6 is 15.9 Å². The summed E-state index contributed by atoms with van der Waals surface area (Å²) < 4.78 is 12.0. The lowest BCUT2D eigenvalue weighted by atomic mass is 10.2. The number of carbonyl (C=O) groups excluding carboxylic acids is 1. The summed E-state index contributed by atoms with van der Waals surface area (Å²) in [5, 5.41) is 0. The van der Waals surface area contributed by atoms with Crippen molar-refractivity contribution < 1.29 is 14.3 Å². The lowest BCUT2D eigenvalue weighted by molar-refractivity contribution is 0.0184. The van der Waals surface area contributed by atoms with Crippen LogP contribution in [-0.4, -0.2) is 40.8 Å². The van der Waals surface area contributed by atoms with Gasteiger partial charge in [0.15, 0.2) is 0 Å². The highest BCUT2D eigenvalue weighted by atomic mass is 79.9. The molecule has 1 saturated heterocycles. The predicted octanol–water partition coefficient (Wildman–Crippen LogP) is 3.37. The predicted molar refractivity (Wildman–Crippen MR) is 82.9 cm³/mol. The molecule has 1 aromatic rings. The molecule has 1 aliphatic heterocycles. The van der Waals surface area contributed by atoms with E-state index in [1.807, 2.05) is 32.9 Å². The van der Waals surface area contributed by atoms with Crippen LogP contribution in [0.15, 0.2) is 22.9 Å². The minimum Gasteiger partial charge on any atom is -0.444 e. The van der Waals surface area contributed by atoms with Crippen LogP contribution in [0.4, 0.5) is 4.79 Å². The Balaban J connectivity index is 1.77. The molecule has 0 spiro atoms. The van der Waals surface area contributed by atoms with Crippen LogP contribution in [0.1, 0.15) is 32.8 Å². The molecule has 1 amide bonds. The van der Waals surface area contributed by atoms with Crippen molar-refractivity contribution in [2.45, 2.75) is 45.5 Å². The third-order valence-electron chi connectivity index (χ3n) is 3.07. The Morgan fingerprint density at radius 2 is 2.24 bits per heavy atom. The van der Waals surface area contributed by atoms with Crippen molar-refractivity contribution in [3.05, 3.63) is 28.5 Å². The molecule has 2 heterocycles. The summed E-state index contributed by atoms with van der Waals surface area (Å²) in [5.74, 6) is 0. The van der Waals surface area contributed by atoms with Gasteiger partial charge in [0.05, 0.1) is 19.3 Å². The van der Waals surface area contributed by atoms with Gasteiger partial charge in [-0.15, -0.1) is 0 Å². The monoisotopic (exact) mass is 356 g/mol. The molecular formula is C15H21BrN2O3. The summed E-state index contributed by atoms with van der Waals surface area (Å²) in [6.07, 6.45) is 2.41. The van der Waals surface area contributed by atoms with Crippen molar-refractivity contribution >= 4 is 22.0 Å². The molecule has 0 radical (unpaired) electrons. The highest BCUT2D eigenvalue weighted by molar-refractivity contribution is 9.10. The molecule has 0 saturated carbocycles. The fraction of sp³-hybridized carbons (Fsp3) is 0.600. The van der Waals surface area contributed by atoms with E-state index < -0.39 is 5.60 Å². The number of hydrogen-bond donors (Lipinski definition) is 0. The van der Waals surface area contributed by atoms with Gasteiger partial charge in [0.2, 0.25) is 0 Å². The molecule has 2 rings (SSSR count). The number of pyridine rings is 1. The number of nitrogens with zero attached hydrogens (tertiary/aromatic N) is 2. The van der Waals surface area contributed by atoms with E-state index in [0.29, 0.717) is 19.7 Å². The Morgan fingerprint density at radius 3 is 2.86 bits per heavy atom. The average Bonchev–Trinajstić information content (AvgIpc) is 2.85. The molecule has 0 unspecified atom stereocenters. The second-order valence-corrected chi connectivity index (χ2v) is 6.95. The number of carbonyl (C=O) groups is 1. The van der Waals surface area contributed by atoms with Crippen molar-refractivity contribution in [1.82, 2.24) is 9.88 Å². The van der Waals surface area contributed by atoms with Crippen molar-refractivity contribution in [3.8, 4) is 0 Å². The Bertz CT molecular complexity index is 485. The molecule has 6 heteroatoms. The molecule has 0 aromatic carbocycles. The van der Waals surface area contributed by atoms with Crippen LogP contribution < -0.4 is 0 Å². The molecule has 0 N–H and O–H groups in total. The highest BCUT2D eigenvalue weighted by Gasteiger charge is 2.30. The van der Waals surface area contributed by atoms with Crippen LogP contribution in [0.2, 0.25) is 0 Å². The van der Waals surface area contributed by atoms with E-state index in [2.05, 4.69) is 20.9 Å². The number of rotatable bonds is 3. The van der Waals surface area contributed by atoms with Gasteiger partial charge < -0.3 is 14.4 Å². The molecule has 1 fully saturated rings. The largest absolute Gasteiger partial charge is 0.444 e. The fourth-order valence-corrected chi connectivity index (χ4v) is 2.30. The van der Waals surface area contributed by atoms with Gasteiger partial charge in [-0.05, 0) is 54.8 Å². The van der Waals surface area contributed by atoms with Crippen LogP contribution in [0, 0.1) is 0 Å². The number of amides is 1. The fourth-order valence-electron chi connectivity index (χ4n) is 2.06. The van der Waals surface area contributed by atoms with Crippen molar-refractivity contribution in [2.75, 3.05) is 13.1 Å². The van der Waals surface area contributed by atoms with Gasteiger partial charge in [0.1, 0.15) is 10.2 Å². The number of halogens is 1. The maximum atomic E-state index is 12.0. The van der Waals surface area contributed by atoms with Gasteiger partial charge in [-0.3, -0.25) is 0 Å². The van der Waals surface area contributed by atoms with Gasteiger partial charge in [-0.25, -0.2) is 9.78 Å². The molecule has 0 aliphatic carbocycles. The number of likely N-dealkylation sites (tertiary alicyclic amines) is 1. The van der Waals surface area contributed by atoms with E-state index in [1.54, 1.807) is 11.1 Å². The quantitative estimate of drug-likeness (QED) is 0.779. The van der Waals surface area contributed by atoms with Crippen LogP contribution in [0.5, 0.6) is 0 Å². The zero-order chi connectivity index (χ0) is 15.5. The lowest BCUT2D eigenvalue weighted by Gasteiger charge is -2.24. The molecule has 1 aromatic heterocycles. The summed E-state index contributed by atoms with van der Waals surface area (Å²) in [4.78, 5) is 17.8. The topological polar surface area (TPSA) is 51.7 Å². The maximum Gasteiger partial charge on any atom is 0.410 e. The zero-order valence-electron chi connectivity index (χ0n) is 12.6.